The minimum Gasteiger partial charge on any atom is -0.274 e. The molecule has 0 unspecified atom stereocenters. The monoisotopic (exact) mass is 272 g/mol. The Labute approximate surface area is 114 Å². The zero-order chi connectivity index (χ0) is 12.8. The molecule has 2 saturated carbocycles. The van der Waals surface area contributed by atoms with Crippen molar-refractivity contribution in [2.45, 2.75) is 12.8 Å². The van der Waals surface area contributed by atoms with Crippen LogP contribution in [0.4, 0.5) is 5.13 Å². The summed E-state index contributed by atoms with van der Waals surface area (Å²) in [6.07, 6.45) is 8.38. The highest BCUT2D eigenvalue weighted by Gasteiger charge is 2.73. The van der Waals surface area contributed by atoms with E-state index in [1.54, 1.807) is 11.6 Å². The Bertz CT molecular complexity index is 598. The van der Waals surface area contributed by atoms with Crippen LogP contribution in [0.25, 0.3) is 0 Å². The highest BCUT2D eigenvalue weighted by molar-refractivity contribution is 7.14. The number of rotatable bonds is 1. The first-order valence-electron chi connectivity index (χ1n) is 6.70. The van der Waals surface area contributed by atoms with Crippen LogP contribution in [0.1, 0.15) is 12.8 Å². The van der Waals surface area contributed by atoms with Crippen molar-refractivity contribution in [3.63, 3.8) is 0 Å². The summed E-state index contributed by atoms with van der Waals surface area (Å²) >= 11 is 1.36. The average Bonchev–Trinajstić information content (AvgIpc) is 2.70. The first-order chi connectivity index (χ1) is 9.24. The summed E-state index contributed by atoms with van der Waals surface area (Å²) in [5.74, 6) is 0.316. The molecule has 96 valence electrons. The van der Waals surface area contributed by atoms with E-state index in [4.69, 9.17) is 0 Å². The van der Waals surface area contributed by atoms with Gasteiger partial charge in [-0.05, 0) is 30.1 Å². The predicted octanol–water partition coefficient (Wildman–Crippen LogP) is 1.84. The molecule has 5 heteroatoms. The van der Waals surface area contributed by atoms with Gasteiger partial charge in [-0.2, -0.15) is 0 Å². The lowest BCUT2D eigenvalue weighted by atomic mass is 9.85. The third-order valence-electron chi connectivity index (χ3n) is 5.46. The quantitative estimate of drug-likeness (QED) is 0.579. The Morgan fingerprint density at radius 2 is 1.79 bits per heavy atom. The van der Waals surface area contributed by atoms with E-state index in [1.807, 2.05) is 0 Å². The number of aromatic nitrogens is 1. The van der Waals surface area contributed by atoms with E-state index in [1.165, 1.54) is 29.1 Å². The molecule has 19 heavy (non-hydrogen) atoms. The molecular weight excluding hydrogens is 260 g/mol. The van der Waals surface area contributed by atoms with Gasteiger partial charge in [0.05, 0.1) is 11.8 Å². The van der Waals surface area contributed by atoms with Crippen molar-refractivity contribution < 1.29 is 9.59 Å². The normalized spacial score (nSPS) is 40.5. The van der Waals surface area contributed by atoms with Crippen LogP contribution in [0.15, 0.2) is 23.7 Å². The largest absolute Gasteiger partial charge is 0.274 e. The number of hydrogen-bond acceptors (Lipinski definition) is 4. The molecule has 4 nitrogen and oxygen atoms in total. The molecule has 3 fully saturated rings. The van der Waals surface area contributed by atoms with Crippen LogP contribution in [0, 0.1) is 29.1 Å². The Morgan fingerprint density at radius 3 is 2.26 bits per heavy atom. The van der Waals surface area contributed by atoms with Crippen molar-refractivity contribution in [1.29, 1.82) is 0 Å². The molecule has 1 spiro atoms. The van der Waals surface area contributed by atoms with Gasteiger partial charge < -0.3 is 0 Å². The van der Waals surface area contributed by atoms with Crippen LogP contribution in [0.2, 0.25) is 0 Å². The number of nitrogens with zero attached hydrogens (tertiary/aromatic N) is 2. The molecule has 1 aliphatic heterocycles. The van der Waals surface area contributed by atoms with Crippen molar-refractivity contribution in [3.05, 3.63) is 23.7 Å². The SMILES string of the molecule is O=C1[C@@H]2[C@@H](C(=O)N1c1nccs1)[C@H]1C=C[C@H]2C12CC2. The molecule has 0 radical (unpaired) electrons. The van der Waals surface area contributed by atoms with E-state index >= 15 is 0 Å². The number of carbonyl (C=O) groups is 2. The standard InChI is InChI=1S/C14H12N2O2S/c17-11-9-7-1-2-8(14(7)3-4-14)10(9)12(18)16(11)13-15-5-6-19-13/h1-2,5-10H,3-4H2/t7-,8-,9+,10+/m1/s1. The van der Waals surface area contributed by atoms with Crippen LogP contribution in [0.3, 0.4) is 0 Å². The summed E-state index contributed by atoms with van der Waals surface area (Å²) in [5.41, 5.74) is 0.273. The number of fused-ring (bicyclic) bond motifs is 3. The predicted molar refractivity (Wildman–Crippen MR) is 69.4 cm³/mol. The Balaban J connectivity index is 1.62. The van der Waals surface area contributed by atoms with Gasteiger partial charge in [0.2, 0.25) is 11.8 Å². The molecule has 1 saturated heterocycles. The van der Waals surface area contributed by atoms with E-state index in [0.29, 0.717) is 17.0 Å². The number of carbonyl (C=O) groups excluding carboxylic acids is 2. The molecule has 2 amide bonds. The summed E-state index contributed by atoms with van der Waals surface area (Å²) < 4.78 is 0. The van der Waals surface area contributed by atoms with E-state index in [2.05, 4.69) is 17.1 Å². The van der Waals surface area contributed by atoms with Crippen LogP contribution in [-0.4, -0.2) is 16.8 Å². The number of imide groups is 1. The van der Waals surface area contributed by atoms with Crippen LogP contribution in [-0.2, 0) is 9.59 Å². The molecule has 1 aromatic heterocycles. The molecule has 5 rings (SSSR count). The van der Waals surface area contributed by atoms with E-state index in [-0.39, 0.29) is 29.1 Å². The molecule has 3 aliphatic carbocycles. The van der Waals surface area contributed by atoms with Crippen molar-refractivity contribution in [2.75, 3.05) is 4.90 Å². The zero-order valence-electron chi connectivity index (χ0n) is 10.2. The maximum atomic E-state index is 12.6. The summed E-state index contributed by atoms with van der Waals surface area (Å²) in [6.45, 7) is 0. The number of anilines is 1. The van der Waals surface area contributed by atoms with Gasteiger partial charge in [-0.1, -0.05) is 12.2 Å². The zero-order valence-corrected chi connectivity index (χ0v) is 11.0. The Hall–Kier alpha value is -1.49. The first-order valence-corrected chi connectivity index (χ1v) is 7.58. The lowest BCUT2D eigenvalue weighted by molar-refractivity contribution is -0.123. The second-order valence-corrected chi connectivity index (χ2v) is 6.92. The lowest BCUT2D eigenvalue weighted by Crippen LogP contribution is -2.34. The van der Waals surface area contributed by atoms with Crippen molar-refractivity contribution in [3.8, 4) is 0 Å². The van der Waals surface area contributed by atoms with Gasteiger partial charge in [-0.25, -0.2) is 9.88 Å². The minimum absolute atomic E-state index is 0.0203. The highest BCUT2D eigenvalue weighted by atomic mass is 32.1. The van der Waals surface area contributed by atoms with Gasteiger partial charge in [0.25, 0.3) is 0 Å². The fourth-order valence-electron chi connectivity index (χ4n) is 4.59. The van der Waals surface area contributed by atoms with Crippen LogP contribution in [0.5, 0.6) is 0 Å². The van der Waals surface area contributed by atoms with Gasteiger partial charge in [0.15, 0.2) is 5.13 Å². The van der Waals surface area contributed by atoms with Gasteiger partial charge in [-0.15, -0.1) is 11.3 Å². The molecule has 2 heterocycles. The van der Waals surface area contributed by atoms with E-state index in [9.17, 15) is 9.59 Å². The van der Waals surface area contributed by atoms with Crippen molar-refractivity contribution >= 4 is 28.3 Å². The van der Waals surface area contributed by atoms with Crippen molar-refractivity contribution in [2.24, 2.45) is 29.1 Å². The molecule has 4 aliphatic rings. The van der Waals surface area contributed by atoms with Crippen LogP contribution < -0.4 is 4.90 Å². The molecule has 2 bridgehead atoms. The fraction of sp³-hybridized carbons (Fsp3) is 0.500. The fourth-order valence-corrected chi connectivity index (χ4v) is 5.24. The summed E-state index contributed by atoms with van der Waals surface area (Å²) in [4.78, 5) is 30.7. The van der Waals surface area contributed by atoms with E-state index in [0.717, 1.165) is 0 Å². The second-order valence-electron chi connectivity index (χ2n) is 6.05. The van der Waals surface area contributed by atoms with Gasteiger partial charge in [0, 0.05) is 11.6 Å². The Kier molecular flexibility index (Phi) is 1.62. The van der Waals surface area contributed by atoms with E-state index < -0.39 is 0 Å². The number of allylic oxidation sites excluding steroid dienone is 2. The maximum Gasteiger partial charge on any atom is 0.240 e. The topological polar surface area (TPSA) is 50.3 Å². The maximum absolute atomic E-state index is 12.6. The highest BCUT2D eigenvalue weighted by Crippen LogP contribution is 2.73. The smallest absolute Gasteiger partial charge is 0.240 e. The molecule has 4 atom stereocenters. The first kappa shape index (κ1) is 10.3. The number of hydrogen-bond donors (Lipinski definition) is 0. The Morgan fingerprint density at radius 1 is 1.16 bits per heavy atom. The molecule has 0 N–H and O–H groups in total. The third-order valence-corrected chi connectivity index (χ3v) is 6.22. The summed E-state index contributed by atoms with van der Waals surface area (Å²) in [7, 11) is 0. The van der Waals surface area contributed by atoms with Crippen molar-refractivity contribution in [1.82, 2.24) is 4.98 Å². The van der Waals surface area contributed by atoms with Gasteiger partial charge in [0.1, 0.15) is 0 Å². The summed E-state index contributed by atoms with van der Waals surface area (Å²) in [5, 5.41) is 2.34. The molecular formula is C14H12N2O2S. The van der Waals surface area contributed by atoms with Gasteiger partial charge >= 0.3 is 0 Å². The molecule has 0 aromatic carbocycles. The third kappa shape index (κ3) is 0.982. The lowest BCUT2D eigenvalue weighted by Gasteiger charge is -2.19. The minimum atomic E-state index is -0.117. The number of thiazole rings is 1. The second kappa shape index (κ2) is 2.98. The van der Waals surface area contributed by atoms with Crippen LogP contribution >= 0.6 is 11.3 Å². The summed E-state index contributed by atoms with van der Waals surface area (Å²) in [6, 6.07) is 0. The number of amides is 2. The molecule has 1 aromatic rings. The van der Waals surface area contributed by atoms with Gasteiger partial charge in [-0.3, -0.25) is 9.59 Å². The average molecular weight is 272 g/mol.